The predicted octanol–water partition coefficient (Wildman–Crippen LogP) is 0.299. The molecule has 1 aromatic heterocycles. The molecule has 0 saturated carbocycles. The van der Waals surface area contributed by atoms with E-state index in [4.69, 9.17) is 4.74 Å². The maximum atomic E-state index is 5.68. The minimum Gasteiger partial charge on any atom is -0.369 e. The van der Waals surface area contributed by atoms with Crippen molar-refractivity contribution in [1.82, 2.24) is 14.9 Å². The summed E-state index contributed by atoms with van der Waals surface area (Å²) in [6.45, 7) is 2.67. The van der Waals surface area contributed by atoms with Gasteiger partial charge in [0.25, 0.3) is 0 Å². The van der Waals surface area contributed by atoms with E-state index >= 15 is 0 Å². The molecule has 1 aromatic rings. The fourth-order valence-corrected chi connectivity index (χ4v) is 1.50. The smallest absolute Gasteiger partial charge is 0.134 e. The SMILES string of the molecule is Cn1ccnc1COC1CCNC1. The van der Waals surface area contributed by atoms with E-state index in [0.717, 1.165) is 25.3 Å². The monoisotopic (exact) mass is 181 g/mol. The van der Waals surface area contributed by atoms with Crippen LogP contribution in [0.15, 0.2) is 12.4 Å². The predicted molar refractivity (Wildman–Crippen MR) is 49.3 cm³/mol. The highest BCUT2D eigenvalue weighted by molar-refractivity contribution is 4.89. The van der Waals surface area contributed by atoms with E-state index in [2.05, 4.69) is 10.3 Å². The summed E-state index contributed by atoms with van der Waals surface area (Å²) >= 11 is 0. The van der Waals surface area contributed by atoms with Gasteiger partial charge in [-0.3, -0.25) is 0 Å². The summed E-state index contributed by atoms with van der Waals surface area (Å²) < 4.78 is 7.67. The van der Waals surface area contributed by atoms with E-state index in [-0.39, 0.29) is 0 Å². The Kier molecular flexibility index (Phi) is 2.61. The maximum Gasteiger partial charge on any atom is 0.134 e. The van der Waals surface area contributed by atoms with E-state index in [0.29, 0.717) is 12.7 Å². The lowest BCUT2D eigenvalue weighted by atomic mass is 10.3. The Bertz CT molecular complexity index is 266. The lowest BCUT2D eigenvalue weighted by molar-refractivity contribution is 0.0488. The van der Waals surface area contributed by atoms with Crippen LogP contribution in [0.1, 0.15) is 12.2 Å². The van der Waals surface area contributed by atoms with E-state index in [1.54, 1.807) is 6.20 Å². The lowest BCUT2D eigenvalue weighted by Gasteiger charge is -2.09. The lowest BCUT2D eigenvalue weighted by Crippen LogP contribution is -2.17. The average molecular weight is 181 g/mol. The normalized spacial score (nSPS) is 22.4. The fourth-order valence-electron chi connectivity index (χ4n) is 1.50. The first-order valence-corrected chi connectivity index (χ1v) is 4.65. The quantitative estimate of drug-likeness (QED) is 0.729. The zero-order chi connectivity index (χ0) is 9.10. The standard InChI is InChI=1S/C9H15N3O/c1-12-5-4-11-9(12)7-13-8-2-3-10-6-8/h4-5,8,10H,2-3,6-7H2,1H3. The van der Waals surface area contributed by atoms with Crippen molar-refractivity contribution in [2.24, 2.45) is 7.05 Å². The van der Waals surface area contributed by atoms with Gasteiger partial charge in [-0.1, -0.05) is 0 Å². The van der Waals surface area contributed by atoms with Gasteiger partial charge in [-0.2, -0.15) is 0 Å². The van der Waals surface area contributed by atoms with Gasteiger partial charge in [0.15, 0.2) is 0 Å². The first-order valence-electron chi connectivity index (χ1n) is 4.65. The van der Waals surface area contributed by atoms with E-state index < -0.39 is 0 Å². The van der Waals surface area contributed by atoms with Crippen LogP contribution in [-0.2, 0) is 18.4 Å². The highest BCUT2D eigenvalue weighted by atomic mass is 16.5. The van der Waals surface area contributed by atoms with Crippen LogP contribution in [0.3, 0.4) is 0 Å². The number of imidazole rings is 1. The molecule has 0 radical (unpaired) electrons. The van der Waals surface area contributed by atoms with Crippen molar-refractivity contribution >= 4 is 0 Å². The van der Waals surface area contributed by atoms with Crippen LogP contribution in [0.4, 0.5) is 0 Å². The molecule has 1 unspecified atom stereocenters. The summed E-state index contributed by atoms with van der Waals surface area (Å²) in [6.07, 6.45) is 5.22. The van der Waals surface area contributed by atoms with Gasteiger partial charge < -0.3 is 14.6 Å². The van der Waals surface area contributed by atoms with Crippen LogP contribution in [0, 0.1) is 0 Å². The molecule has 0 bridgehead atoms. The highest BCUT2D eigenvalue weighted by Gasteiger charge is 2.15. The van der Waals surface area contributed by atoms with Crippen LogP contribution >= 0.6 is 0 Å². The Hall–Kier alpha value is -0.870. The Morgan fingerprint density at radius 1 is 1.77 bits per heavy atom. The zero-order valence-corrected chi connectivity index (χ0v) is 7.86. The molecule has 0 aliphatic carbocycles. The number of nitrogens with one attached hydrogen (secondary N) is 1. The molecule has 2 heterocycles. The van der Waals surface area contributed by atoms with Crippen LogP contribution in [0.2, 0.25) is 0 Å². The number of hydrogen-bond donors (Lipinski definition) is 1. The van der Waals surface area contributed by atoms with E-state index in [1.165, 1.54) is 0 Å². The molecule has 72 valence electrons. The highest BCUT2D eigenvalue weighted by Crippen LogP contribution is 2.06. The van der Waals surface area contributed by atoms with Crippen molar-refractivity contribution in [1.29, 1.82) is 0 Å². The third-order valence-corrected chi connectivity index (χ3v) is 2.38. The molecule has 2 rings (SSSR count). The zero-order valence-electron chi connectivity index (χ0n) is 7.86. The third-order valence-electron chi connectivity index (χ3n) is 2.38. The summed E-state index contributed by atoms with van der Waals surface area (Å²) in [5.41, 5.74) is 0. The molecular weight excluding hydrogens is 166 g/mol. The van der Waals surface area contributed by atoms with Crippen molar-refractivity contribution in [3.8, 4) is 0 Å². The van der Waals surface area contributed by atoms with Crippen LogP contribution in [0.25, 0.3) is 0 Å². The number of hydrogen-bond acceptors (Lipinski definition) is 3. The molecule has 1 atom stereocenters. The summed E-state index contributed by atoms with van der Waals surface area (Å²) in [5, 5.41) is 3.26. The molecule has 1 fully saturated rings. The molecule has 13 heavy (non-hydrogen) atoms. The van der Waals surface area contributed by atoms with Gasteiger partial charge in [-0.25, -0.2) is 4.98 Å². The summed E-state index contributed by atoms with van der Waals surface area (Å²) in [5.74, 6) is 0.993. The fraction of sp³-hybridized carbons (Fsp3) is 0.667. The van der Waals surface area contributed by atoms with Crippen molar-refractivity contribution in [3.05, 3.63) is 18.2 Å². The van der Waals surface area contributed by atoms with Crippen LogP contribution in [0.5, 0.6) is 0 Å². The largest absolute Gasteiger partial charge is 0.369 e. The molecule has 1 N–H and O–H groups in total. The molecule has 1 saturated heterocycles. The Labute approximate surface area is 77.9 Å². The van der Waals surface area contributed by atoms with Crippen molar-refractivity contribution in [2.45, 2.75) is 19.1 Å². The molecule has 4 heteroatoms. The number of ether oxygens (including phenoxy) is 1. The van der Waals surface area contributed by atoms with Gasteiger partial charge in [0, 0.05) is 26.0 Å². The van der Waals surface area contributed by atoms with Gasteiger partial charge in [0.1, 0.15) is 12.4 Å². The van der Waals surface area contributed by atoms with E-state index in [1.807, 2.05) is 17.8 Å². The molecular formula is C9H15N3O. The number of nitrogens with zero attached hydrogens (tertiary/aromatic N) is 2. The molecule has 4 nitrogen and oxygen atoms in total. The third kappa shape index (κ3) is 2.08. The second kappa shape index (κ2) is 3.89. The number of rotatable bonds is 3. The second-order valence-electron chi connectivity index (χ2n) is 3.38. The van der Waals surface area contributed by atoms with Crippen LogP contribution < -0.4 is 5.32 Å². The van der Waals surface area contributed by atoms with Crippen LogP contribution in [-0.4, -0.2) is 28.7 Å². The first-order chi connectivity index (χ1) is 6.36. The minimum atomic E-state index is 0.372. The topological polar surface area (TPSA) is 39.1 Å². The van der Waals surface area contributed by atoms with E-state index in [9.17, 15) is 0 Å². The van der Waals surface area contributed by atoms with Crippen molar-refractivity contribution in [2.75, 3.05) is 13.1 Å². The summed E-state index contributed by atoms with van der Waals surface area (Å²) in [4.78, 5) is 4.19. The van der Waals surface area contributed by atoms with Gasteiger partial charge in [-0.05, 0) is 13.0 Å². The minimum absolute atomic E-state index is 0.372. The second-order valence-corrected chi connectivity index (χ2v) is 3.38. The molecule has 0 amide bonds. The van der Waals surface area contributed by atoms with Gasteiger partial charge >= 0.3 is 0 Å². The summed E-state index contributed by atoms with van der Waals surface area (Å²) in [6, 6.07) is 0. The number of aromatic nitrogens is 2. The Morgan fingerprint density at radius 2 is 2.69 bits per heavy atom. The molecule has 0 aromatic carbocycles. The van der Waals surface area contributed by atoms with Gasteiger partial charge in [0.2, 0.25) is 0 Å². The number of aryl methyl sites for hydroxylation is 1. The van der Waals surface area contributed by atoms with Crippen molar-refractivity contribution in [3.63, 3.8) is 0 Å². The average Bonchev–Trinajstić information content (AvgIpc) is 2.72. The molecule has 1 aliphatic heterocycles. The van der Waals surface area contributed by atoms with Gasteiger partial charge in [0.05, 0.1) is 6.10 Å². The molecule has 1 aliphatic rings. The summed E-state index contributed by atoms with van der Waals surface area (Å²) in [7, 11) is 1.98. The molecule has 0 spiro atoms. The maximum absolute atomic E-state index is 5.68. The Balaban J connectivity index is 1.82. The Morgan fingerprint density at radius 3 is 3.31 bits per heavy atom. The first kappa shape index (κ1) is 8.72. The van der Waals surface area contributed by atoms with Crippen molar-refractivity contribution < 1.29 is 4.74 Å². The van der Waals surface area contributed by atoms with Gasteiger partial charge in [-0.15, -0.1) is 0 Å².